The number of nitrogens with one attached hydrogen (secondary N) is 2. The Morgan fingerprint density at radius 2 is 1.95 bits per heavy atom. The van der Waals surface area contributed by atoms with Crippen molar-refractivity contribution in [1.82, 2.24) is 10.6 Å². The SMILES string of the molecule is CN=C(NCC1CCCOC1C(C)(C)C)NC1CC=CC1.I. The van der Waals surface area contributed by atoms with E-state index >= 15 is 0 Å². The highest BCUT2D eigenvalue weighted by Crippen LogP contribution is 2.33. The van der Waals surface area contributed by atoms with E-state index in [4.69, 9.17) is 4.74 Å². The molecule has 2 unspecified atom stereocenters. The first-order chi connectivity index (χ1) is 10.0. The van der Waals surface area contributed by atoms with Crippen LogP contribution < -0.4 is 10.6 Å². The summed E-state index contributed by atoms with van der Waals surface area (Å²) in [5.74, 6) is 1.47. The molecule has 1 heterocycles. The lowest BCUT2D eigenvalue weighted by molar-refractivity contribution is -0.0835. The molecule has 2 rings (SSSR count). The van der Waals surface area contributed by atoms with Gasteiger partial charge in [0.15, 0.2) is 5.96 Å². The molecule has 5 heteroatoms. The Hall–Kier alpha value is -0.300. The summed E-state index contributed by atoms with van der Waals surface area (Å²) in [5, 5.41) is 6.99. The van der Waals surface area contributed by atoms with Gasteiger partial charge in [0.1, 0.15) is 0 Å². The van der Waals surface area contributed by atoms with Gasteiger partial charge in [0.2, 0.25) is 0 Å². The van der Waals surface area contributed by atoms with Gasteiger partial charge in [-0.2, -0.15) is 0 Å². The molecule has 0 bridgehead atoms. The Bertz CT molecular complexity index is 382. The third-order valence-corrected chi connectivity index (χ3v) is 4.40. The van der Waals surface area contributed by atoms with Crippen LogP contribution in [0.5, 0.6) is 0 Å². The van der Waals surface area contributed by atoms with Crippen molar-refractivity contribution in [2.24, 2.45) is 16.3 Å². The molecule has 0 aromatic rings. The average molecular weight is 421 g/mol. The summed E-state index contributed by atoms with van der Waals surface area (Å²) in [6, 6.07) is 0.497. The predicted molar refractivity (Wildman–Crippen MR) is 104 cm³/mol. The zero-order valence-corrected chi connectivity index (χ0v) is 16.7. The van der Waals surface area contributed by atoms with E-state index in [0.717, 1.165) is 38.4 Å². The van der Waals surface area contributed by atoms with Gasteiger partial charge in [-0.15, -0.1) is 24.0 Å². The van der Waals surface area contributed by atoms with E-state index in [2.05, 4.69) is 48.5 Å². The molecule has 0 aromatic carbocycles. The summed E-state index contributed by atoms with van der Waals surface area (Å²) in [6.45, 7) is 8.65. The van der Waals surface area contributed by atoms with Crippen molar-refractivity contribution >= 4 is 29.9 Å². The summed E-state index contributed by atoms with van der Waals surface area (Å²) < 4.78 is 6.04. The van der Waals surface area contributed by atoms with Crippen LogP contribution in [0.3, 0.4) is 0 Å². The minimum atomic E-state index is 0. The largest absolute Gasteiger partial charge is 0.377 e. The fourth-order valence-electron chi connectivity index (χ4n) is 3.36. The maximum Gasteiger partial charge on any atom is 0.191 e. The number of rotatable bonds is 3. The topological polar surface area (TPSA) is 45.7 Å². The molecule has 1 aliphatic carbocycles. The van der Waals surface area contributed by atoms with E-state index < -0.39 is 0 Å². The van der Waals surface area contributed by atoms with E-state index in [1.165, 1.54) is 6.42 Å². The first-order valence-corrected chi connectivity index (χ1v) is 8.24. The van der Waals surface area contributed by atoms with Crippen molar-refractivity contribution in [3.8, 4) is 0 Å². The molecule has 2 atom stereocenters. The molecule has 0 radical (unpaired) electrons. The average Bonchev–Trinajstić information content (AvgIpc) is 2.95. The quantitative estimate of drug-likeness (QED) is 0.318. The summed E-state index contributed by atoms with van der Waals surface area (Å²) in [4.78, 5) is 4.35. The zero-order chi connectivity index (χ0) is 15.3. The lowest BCUT2D eigenvalue weighted by Crippen LogP contribution is -2.49. The number of hydrogen-bond donors (Lipinski definition) is 2. The lowest BCUT2D eigenvalue weighted by atomic mass is 9.78. The maximum absolute atomic E-state index is 6.04. The van der Waals surface area contributed by atoms with Crippen molar-refractivity contribution in [3.05, 3.63) is 12.2 Å². The van der Waals surface area contributed by atoms with Crippen molar-refractivity contribution in [3.63, 3.8) is 0 Å². The van der Waals surface area contributed by atoms with Crippen LogP contribution in [0.1, 0.15) is 46.5 Å². The van der Waals surface area contributed by atoms with Gasteiger partial charge in [0.05, 0.1) is 6.10 Å². The third kappa shape index (κ3) is 5.72. The van der Waals surface area contributed by atoms with Gasteiger partial charge in [-0.3, -0.25) is 4.99 Å². The number of hydrogen-bond acceptors (Lipinski definition) is 2. The minimum Gasteiger partial charge on any atom is -0.377 e. The van der Waals surface area contributed by atoms with Crippen LogP contribution >= 0.6 is 24.0 Å². The van der Waals surface area contributed by atoms with Gasteiger partial charge < -0.3 is 15.4 Å². The molecule has 1 fully saturated rings. The first kappa shape index (κ1) is 19.7. The van der Waals surface area contributed by atoms with Gasteiger partial charge in [0, 0.05) is 32.2 Å². The summed E-state index contributed by atoms with van der Waals surface area (Å²) >= 11 is 0. The Morgan fingerprint density at radius 3 is 2.55 bits per heavy atom. The van der Waals surface area contributed by atoms with Crippen LogP contribution in [0.15, 0.2) is 17.1 Å². The predicted octanol–water partition coefficient (Wildman–Crippen LogP) is 3.33. The molecule has 1 saturated heterocycles. The molecular weight excluding hydrogens is 389 g/mol. The van der Waals surface area contributed by atoms with E-state index in [1.54, 1.807) is 0 Å². The minimum absolute atomic E-state index is 0. The Morgan fingerprint density at radius 1 is 1.27 bits per heavy atom. The maximum atomic E-state index is 6.04. The van der Waals surface area contributed by atoms with Crippen LogP contribution in [-0.2, 0) is 4.74 Å². The molecule has 2 N–H and O–H groups in total. The highest BCUT2D eigenvalue weighted by molar-refractivity contribution is 14.0. The standard InChI is InChI=1S/C17H31N3O.HI/c1-17(2,3)15-13(8-7-11-21-15)12-19-16(18-4)20-14-9-5-6-10-14;/h5-6,13-15H,7-12H2,1-4H3,(H2,18,19,20);1H. The Balaban J connectivity index is 0.00000242. The van der Waals surface area contributed by atoms with Crippen LogP contribution in [0.4, 0.5) is 0 Å². The van der Waals surface area contributed by atoms with Crippen molar-refractivity contribution < 1.29 is 4.74 Å². The summed E-state index contributed by atoms with van der Waals surface area (Å²) in [5.41, 5.74) is 0.194. The van der Waals surface area contributed by atoms with Gasteiger partial charge >= 0.3 is 0 Å². The molecule has 1 aliphatic heterocycles. The van der Waals surface area contributed by atoms with E-state index in [1.807, 2.05) is 7.05 Å². The molecule has 0 spiro atoms. The van der Waals surface area contributed by atoms with Crippen LogP contribution in [-0.4, -0.2) is 38.3 Å². The highest BCUT2D eigenvalue weighted by atomic mass is 127. The van der Waals surface area contributed by atoms with Crippen LogP contribution in [0.25, 0.3) is 0 Å². The Kier molecular flexibility index (Phi) is 8.17. The lowest BCUT2D eigenvalue weighted by Gasteiger charge is -2.40. The number of guanidine groups is 1. The zero-order valence-electron chi connectivity index (χ0n) is 14.4. The normalized spacial score (nSPS) is 26.6. The first-order valence-electron chi connectivity index (χ1n) is 8.24. The van der Waals surface area contributed by atoms with E-state index in [-0.39, 0.29) is 29.4 Å². The number of halogens is 1. The van der Waals surface area contributed by atoms with Crippen LogP contribution in [0, 0.1) is 11.3 Å². The van der Waals surface area contributed by atoms with Gasteiger partial charge in [0.25, 0.3) is 0 Å². The number of ether oxygens (including phenoxy) is 1. The number of aliphatic imine (C=N–C) groups is 1. The third-order valence-electron chi connectivity index (χ3n) is 4.40. The number of nitrogens with zero attached hydrogens (tertiary/aromatic N) is 1. The smallest absolute Gasteiger partial charge is 0.191 e. The molecule has 2 aliphatic rings. The van der Waals surface area contributed by atoms with Gasteiger partial charge in [-0.1, -0.05) is 32.9 Å². The van der Waals surface area contributed by atoms with Crippen molar-refractivity contribution in [1.29, 1.82) is 0 Å². The van der Waals surface area contributed by atoms with E-state index in [0.29, 0.717) is 18.1 Å². The fraction of sp³-hybridized carbons (Fsp3) is 0.824. The molecular formula is C17H32IN3O. The molecule has 128 valence electrons. The van der Waals surface area contributed by atoms with Crippen molar-refractivity contribution in [2.45, 2.75) is 58.6 Å². The Labute approximate surface area is 152 Å². The summed E-state index contributed by atoms with van der Waals surface area (Å²) in [6.07, 6.45) is 9.37. The molecule has 22 heavy (non-hydrogen) atoms. The van der Waals surface area contributed by atoms with Gasteiger partial charge in [-0.05, 0) is 31.1 Å². The van der Waals surface area contributed by atoms with Crippen molar-refractivity contribution in [2.75, 3.05) is 20.2 Å². The second kappa shape index (κ2) is 9.11. The monoisotopic (exact) mass is 421 g/mol. The molecule has 0 aromatic heterocycles. The van der Waals surface area contributed by atoms with E-state index in [9.17, 15) is 0 Å². The van der Waals surface area contributed by atoms with Gasteiger partial charge in [-0.25, -0.2) is 0 Å². The fourth-order valence-corrected chi connectivity index (χ4v) is 3.36. The summed E-state index contributed by atoms with van der Waals surface area (Å²) in [7, 11) is 1.84. The molecule has 0 saturated carbocycles. The highest BCUT2D eigenvalue weighted by Gasteiger charge is 2.35. The molecule has 0 amide bonds. The molecule has 4 nitrogen and oxygen atoms in total. The second-order valence-corrected chi connectivity index (χ2v) is 7.30. The second-order valence-electron chi connectivity index (χ2n) is 7.30. The van der Waals surface area contributed by atoms with Crippen LogP contribution in [0.2, 0.25) is 0 Å².